The highest BCUT2D eigenvalue weighted by Gasteiger charge is 2.30. The van der Waals surface area contributed by atoms with Crippen LogP contribution in [-0.2, 0) is 5.60 Å². The SMILES string of the molecule is CC(C)(C)CC(C)(O)c1ccccn1. The fourth-order valence-electron chi connectivity index (χ4n) is 1.80. The molecule has 0 saturated heterocycles. The molecule has 0 aliphatic rings. The largest absolute Gasteiger partial charge is 0.384 e. The van der Waals surface area contributed by atoms with E-state index in [-0.39, 0.29) is 5.41 Å². The number of rotatable bonds is 2. The number of pyridine rings is 1. The lowest BCUT2D eigenvalue weighted by Crippen LogP contribution is -2.28. The van der Waals surface area contributed by atoms with E-state index in [1.807, 2.05) is 25.1 Å². The van der Waals surface area contributed by atoms with Crippen LogP contribution in [0.2, 0.25) is 0 Å². The van der Waals surface area contributed by atoms with E-state index < -0.39 is 5.60 Å². The monoisotopic (exact) mass is 193 g/mol. The highest BCUT2D eigenvalue weighted by Crippen LogP contribution is 2.33. The Morgan fingerprint density at radius 2 is 1.86 bits per heavy atom. The molecule has 1 aromatic rings. The molecular weight excluding hydrogens is 174 g/mol. The third-order valence-electron chi connectivity index (χ3n) is 2.09. The van der Waals surface area contributed by atoms with E-state index in [1.54, 1.807) is 6.20 Å². The first-order chi connectivity index (χ1) is 6.31. The highest BCUT2D eigenvalue weighted by atomic mass is 16.3. The summed E-state index contributed by atoms with van der Waals surface area (Å²) in [6.07, 6.45) is 2.42. The number of aromatic nitrogens is 1. The molecule has 0 aromatic carbocycles. The van der Waals surface area contributed by atoms with Gasteiger partial charge in [-0.1, -0.05) is 26.8 Å². The average Bonchev–Trinajstić information content (AvgIpc) is 2.01. The normalized spacial score (nSPS) is 16.4. The Morgan fingerprint density at radius 1 is 1.21 bits per heavy atom. The number of aliphatic hydroxyl groups is 1. The lowest BCUT2D eigenvalue weighted by atomic mass is 9.81. The maximum Gasteiger partial charge on any atom is 0.104 e. The number of hydrogen-bond acceptors (Lipinski definition) is 2. The molecule has 2 nitrogen and oxygen atoms in total. The Balaban J connectivity index is 2.86. The lowest BCUT2D eigenvalue weighted by Gasteiger charge is -2.30. The standard InChI is InChI=1S/C12H19NO/c1-11(2,3)9-12(4,14)10-7-5-6-8-13-10/h5-8,14H,9H2,1-4H3. The third-order valence-corrected chi connectivity index (χ3v) is 2.09. The van der Waals surface area contributed by atoms with Gasteiger partial charge in [0.05, 0.1) is 5.69 Å². The van der Waals surface area contributed by atoms with E-state index in [9.17, 15) is 5.11 Å². The molecule has 14 heavy (non-hydrogen) atoms. The van der Waals surface area contributed by atoms with Crippen molar-refractivity contribution in [2.75, 3.05) is 0 Å². The molecule has 0 amide bonds. The van der Waals surface area contributed by atoms with Crippen LogP contribution in [-0.4, -0.2) is 10.1 Å². The molecule has 1 unspecified atom stereocenters. The Bertz CT molecular complexity index is 285. The summed E-state index contributed by atoms with van der Waals surface area (Å²) >= 11 is 0. The van der Waals surface area contributed by atoms with Crippen molar-refractivity contribution < 1.29 is 5.11 Å². The summed E-state index contributed by atoms with van der Waals surface area (Å²) in [4.78, 5) is 4.18. The number of nitrogens with zero attached hydrogens (tertiary/aromatic N) is 1. The molecule has 1 aromatic heterocycles. The molecular formula is C12H19NO. The minimum absolute atomic E-state index is 0.0982. The van der Waals surface area contributed by atoms with Crippen LogP contribution in [0.15, 0.2) is 24.4 Å². The third kappa shape index (κ3) is 3.11. The van der Waals surface area contributed by atoms with Gasteiger partial charge in [0, 0.05) is 6.20 Å². The van der Waals surface area contributed by atoms with Gasteiger partial charge in [-0.15, -0.1) is 0 Å². The van der Waals surface area contributed by atoms with Gasteiger partial charge in [0.15, 0.2) is 0 Å². The van der Waals surface area contributed by atoms with E-state index in [0.717, 1.165) is 5.69 Å². The first kappa shape index (κ1) is 11.2. The van der Waals surface area contributed by atoms with E-state index in [0.29, 0.717) is 6.42 Å². The molecule has 1 heterocycles. The van der Waals surface area contributed by atoms with Crippen LogP contribution in [0.3, 0.4) is 0 Å². The Labute approximate surface area is 86.0 Å². The molecule has 0 spiro atoms. The predicted octanol–water partition coefficient (Wildman–Crippen LogP) is 2.73. The van der Waals surface area contributed by atoms with E-state index in [2.05, 4.69) is 25.8 Å². The summed E-state index contributed by atoms with van der Waals surface area (Å²) in [7, 11) is 0. The van der Waals surface area contributed by atoms with Gasteiger partial charge in [-0.25, -0.2) is 0 Å². The number of hydrogen-bond donors (Lipinski definition) is 1. The van der Waals surface area contributed by atoms with E-state index in [1.165, 1.54) is 0 Å². The van der Waals surface area contributed by atoms with Crippen molar-refractivity contribution in [2.24, 2.45) is 5.41 Å². The topological polar surface area (TPSA) is 33.1 Å². The molecule has 0 aliphatic heterocycles. The van der Waals surface area contributed by atoms with Crippen molar-refractivity contribution in [1.82, 2.24) is 4.98 Å². The van der Waals surface area contributed by atoms with Crippen molar-refractivity contribution in [3.8, 4) is 0 Å². The summed E-state index contributed by atoms with van der Waals surface area (Å²) in [6, 6.07) is 5.63. The van der Waals surface area contributed by atoms with Gasteiger partial charge < -0.3 is 5.11 Å². The second-order valence-electron chi connectivity index (χ2n) is 5.23. The average molecular weight is 193 g/mol. The summed E-state index contributed by atoms with van der Waals surface area (Å²) < 4.78 is 0. The van der Waals surface area contributed by atoms with Gasteiger partial charge in [0.1, 0.15) is 5.60 Å². The zero-order valence-electron chi connectivity index (χ0n) is 9.41. The van der Waals surface area contributed by atoms with Crippen molar-refractivity contribution in [2.45, 2.75) is 39.7 Å². The summed E-state index contributed by atoms with van der Waals surface area (Å²) in [6.45, 7) is 8.17. The molecule has 0 aliphatic carbocycles. The first-order valence-electron chi connectivity index (χ1n) is 4.95. The molecule has 1 rings (SSSR count). The molecule has 0 saturated carbocycles. The van der Waals surface area contributed by atoms with Gasteiger partial charge in [0.2, 0.25) is 0 Å². The molecule has 0 radical (unpaired) electrons. The van der Waals surface area contributed by atoms with Gasteiger partial charge in [-0.3, -0.25) is 4.98 Å². The smallest absolute Gasteiger partial charge is 0.104 e. The van der Waals surface area contributed by atoms with Gasteiger partial charge >= 0.3 is 0 Å². The Kier molecular flexibility index (Phi) is 2.95. The van der Waals surface area contributed by atoms with Gasteiger partial charge in [-0.2, -0.15) is 0 Å². The Hall–Kier alpha value is -0.890. The predicted molar refractivity (Wildman–Crippen MR) is 57.9 cm³/mol. The van der Waals surface area contributed by atoms with Crippen LogP contribution in [0.25, 0.3) is 0 Å². The van der Waals surface area contributed by atoms with E-state index in [4.69, 9.17) is 0 Å². The molecule has 78 valence electrons. The van der Waals surface area contributed by atoms with Crippen LogP contribution < -0.4 is 0 Å². The molecule has 1 atom stereocenters. The quantitative estimate of drug-likeness (QED) is 0.783. The molecule has 1 N–H and O–H groups in total. The zero-order chi connectivity index (χ0) is 10.8. The lowest BCUT2D eigenvalue weighted by molar-refractivity contribution is 0.0112. The van der Waals surface area contributed by atoms with Gasteiger partial charge in [0.25, 0.3) is 0 Å². The van der Waals surface area contributed by atoms with Crippen LogP contribution in [0.4, 0.5) is 0 Å². The second-order valence-corrected chi connectivity index (χ2v) is 5.23. The van der Waals surface area contributed by atoms with Crippen LogP contribution >= 0.6 is 0 Å². The van der Waals surface area contributed by atoms with Crippen molar-refractivity contribution >= 4 is 0 Å². The second kappa shape index (κ2) is 3.70. The summed E-state index contributed by atoms with van der Waals surface area (Å²) in [5.41, 5.74) is 0.00972. The van der Waals surface area contributed by atoms with Gasteiger partial charge in [-0.05, 0) is 30.9 Å². The van der Waals surface area contributed by atoms with Crippen LogP contribution in [0.1, 0.15) is 39.8 Å². The summed E-state index contributed by atoms with van der Waals surface area (Å²) in [5, 5.41) is 10.3. The fraction of sp³-hybridized carbons (Fsp3) is 0.583. The summed E-state index contributed by atoms with van der Waals surface area (Å²) in [5.74, 6) is 0. The van der Waals surface area contributed by atoms with Crippen LogP contribution in [0.5, 0.6) is 0 Å². The fourth-order valence-corrected chi connectivity index (χ4v) is 1.80. The maximum atomic E-state index is 10.3. The first-order valence-corrected chi connectivity index (χ1v) is 4.95. The van der Waals surface area contributed by atoms with Crippen molar-refractivity contribution in [3.63, 3.8) is 0 Å². The molecule has 0 bridgehead atoms. The highest BCUT2D eigenvalue weighted by molar-refractivity contribution is 5.12. The zero-order valence-corrected chi connectivity index (χ0v) is 9.41. The molecule has 0 fully saturated rings. The molecule has 2 heteroatoms. The van der Waals surface area contributed by atoms with Crippen LogP contribution in [0, 0.1) is 5.41 Å². The Morgan fingerprint density at radius 3 is 2.29 bits per heavy atom. The van der Waals surface area contributed by atoms with E-state index >= 15 is 0 Å². The minimum atomic E-state index is -0.834. The maximum absolute atomic E-state index is 10.3. The minimum Gasteiger partial charge on any atom is -0.384 e. The van der Waals surface area contributed by atoms with Crippen molar-refractivity contribution in [3.05, 3.63) is 30.1 Å². The van der Waals surface area contributed by atoms with Crippen molar-refractivity contribution in [1.29, 1.82) is 0 Å².